The highest BCUT2D eigenvalue weighted by molar-refractivity contribution is 7.99. The fraction of sp³-hybridized carbons (Fsp3) is 0.750. The predicted molar refractivity (Wildman–Crippen MR) is 119 cm³/mol. The van der Waals surface area contributed by atoms with Gasteiger partial charge >= 0.3 is 0 Å². The zero-order valence-corrected chi connectivity index (χ0v) is 18.1. The largest absolute Gasteiger partial charge is 0.357 e. The third-order valence-corrected chi connectivity index (χ3v) is 6.61. The molecule has 0 amide bonds. The molecule has 2 fully saturated rings. The quantitative estimate of drug-likeness (QED) is 0.388. The van der Waals surface area contributed by atoms with E-state index in [1.165, 1.54) is 19.3 Å². The van der Waals surface area contributed by atoms with E-state index in [0.29, 0.717) is 6.04 Å². The summed E-state index contributed by atoms with van der Waals surface area (Å²) >= 11 is 2.00. The molecule has 0 radical (unpaired) electrons. The summed E-state index contributed by atoms with van der Waals surface area (Å²) in [6.45, 7) is 9.14. The fourth-order valence-electron chi connectivity index (χ4n) is 3.91. The number of nitrogens with zero attached hydrogens (tertiary/aromatic N) is 5. The first-order valence-corrected chi connectivity index (χ1v) is 11.9. The number of piperazine rings is 1. The summed E-state index contributed by atoms with van der Waals surface area (Å²) in [4.78, 5) is 18.3. The van der Waals surface area contributed by atoms with E-state index in [4.69, 9.17) is 4.99 Å². The lowest BCUT2D eigenvalue weighted by atomic mass is 10.2. The van der Waals surface area contributed by atoms with E-state index < -0.39 is 0 Å². The van der Waals surface area contributed by atoms with Crippen LogP contribution in [-0.4, -0.2) is 84.2 Å². The lowest BCUT2D eigenvalue weighted by Crippen LogP contribution is -2.47. The fourth-order valence-corrected chi connectivity index (χ4v) is 4.71. The van der Waals surface area contributed by atoms with Crippen LogP contribution < -0.4 is 15.5 Å². The van der Waals surface area contributed by atoms with Crippen molar-refractivity contribution in [3.05, 3.63) is 18.5 Å². The second kappa shape index (κ2) is 11.5. The molecule has 2 N–H and O–H groups in total. The number of thioether (sulfide) groups is 1. The summed E-state index contributed by atoms with van der Waals surface area (Å²) in [7, 11) is 0. The maximum atomic E-state index is 4.81. The Bertz CT molecular complexity index is 589. The van der Waals surface area contributed by atoms with Crippen LogP contribution in [0.25, 0.3) is 0 Å². The number of rotatable bonds is 8. The first-order chi connectivity index (χ1) is 13.8. The molecule has 2 aliphatic rings. The van der Waals surface area contributed by atoms with Crippen LogP contribution in [0.15, 0.2) is 23.5 Å². The van der Waals surface area contributed by atoms with E-state index in [2.05, 4.69) is 43.6 Å². The maximum Gasteiger partial charge on any atom is 0.225 e. The van der Waals surface area contributed by atoms with Crippen molar-refractivity contribution < 1.29 is 0 Å². The Morgan fingerprint density at radius 3 is 2.68 bits per heavy atom. The van der Waals surface area contributed by atoms with Crippen LogP contribution >= 0.6 is 11.8 Å². The van der Waals surface area contributed by atoms with Gasteiger partial charge in [-0.1, -0.05) is 0 Å². The zero-order valence-electron chi connectivity index (χ0n) is 17.3. The van der Waals surface area contributed by atoms with Gasteiger partial charge in [0.25, 0.3) is 0 Å². The lowest BCUT2D eigenvalue weighted by Gasteiger charge is -2.34. The Hall–Kier alpha value is -1.54. The van der Waals surface area contributed by atoms with Gasteiger partial charge in [-0.2, -0.15) is 11.8 Å². The molecule has 28 heavy (non-hydrogen) atoms. The Balaban J connectivity index is 1.35. The molecule has 1 aliphatic carbocycles. The van der Waals surface area contributed by atoms with Crippen molar-refractivity contribution in [1.29, 1.82) is 0 Å². The first kappa shape index (κ1) is 21.2. The molecule has 0 bridgehead atoms. The summed E-state index contributed by atoms with van der Waals surface area (Å²) < 4.78 is 0. The highest BCUT2D eigenvalue weighted by atomic mass is 32.2. The van der Waals surface area contributed by atoms with E-state index in [1.54, 1.807) is 0 Å². The molecule has 8 heteroatoms. The second-order valence-corrected chi connectivity index (χ2v) is 8.64. The van der Waals surface area contributed by atoms with Crippen LogP contribution in [0.1, 0.15) is 32.6 Å². The van der Waals surface area contributed by atoms with E-state index in [9.17, 15) is 0 Å². The minimum Gasteiger partial charge on any atom is -0.357 e. The Morgan fingerprint density at radius 2 is 2.00 bits per heavy atom. The van der Waals surface area contributed by atoms with Gasteiger partial charge in [0.05, 0.1) is 0 Å². The SMILES string of the molecule is CCNC(=NCCCN1CCN(c2ncccn2)CC1)NC1CCC(SC)C1. The molecule has 1 aromatic rings. The Morgan fingerprint density at radius 1 is 1.21 bits per heavy atom. The molecule has 1 aromatic heterocycles. The van der Waals surface area contributed by atoms with Crippen LogP contribution in [0.4, 0.5) is 5.95 Å². The topological polar surface area (TPSA) is 68.7 Å². The van der Waals surface area contributed by atoms with Crippen molar-refractivity contribution >= 4 is 23.7 Å². The molecule has 0 spiro atoms. The Labute approximate surface area is 173 Å². The summed E-state index contributed by atoms with van der Waals surface area (Å²) in [5.41, 5.74) is 0. The van der Waals surface area contributed by atoms with Crippen molar-refractivity contribution in [1.82, 2.24) is 25.5 Å². The van der Waals surface area contributed by atoms with Gasteiger partial charge in [0.2, 0.25) is 5.95 Å². The Kier molecular flexibility index (Phi) is 8.67. The number of aromatic nitrogens is 2. The average molecular weight is 406 g/mol. The molecule has 2 unspecified atom stereocenters. The van der Waals surface area contributed by atoms with E-state index in [-0.39, 0.29) is 0 Å². The number of nitrogens with one attached hydrogen (secondary N) is 2. The number of hydrogen-bond acceptors (Lipinski definition) is 6. The number of hydrogen-bond donors (Lipinski definition) is 2. The molecule has 2 atom stereocenters. The van der Waals surface area contributed by atoms with Gasteiger partial charge in [0.15, 0.2) is 5.96 Å². The first-order valence-electron chi connectivity index (χ1n) is 10.6. The van der Waals surface area contributed by atoms with Crippen molar-refractivity contribution in [2.24, 2.45) is 4.99 Å². The van der Waals surface area contributed by atoms with Gasteiger partial charge in [0.1, 0.15) is 0 Å². The highest BCUT2D eigenvalue weighted by Gasteiger charge is 2.24. The normalized spacial score (nSPS) is 23.8. The molecule has 2 heterocycles. The van der Waals surface area contributed by atoms with Crippen LogP contribution in [0.5, 0.6) is 0 Å². The van der Waals surface area contributed by atoms with Crippen molar-refractivity contribution in [2.75, 3.05) is 57.0 Å². The predicted octanol–water partition coefficient (Wildman–Crippen LogP) is 1.83. The van der Waals surface area contributed by atoms with Gasteiger partial charge in [-0.25, -0.2) is 9.97 Å². The molecule has 156 valence electrons. The smallest absolute Gasteiger partial charge is 0.225 e. The van der Waals surface area contributed by atoms with Gasteiger partial charge in [-0.15, -0.1) is 0 Å². The van der Waals surface area contributed by atoms with Crippen molar-refractivity contribution in [3.63, 3.8) is 0 Å². The molecule has 1 aliphatic heterocycles. The maximum absolute atomic E-state index is 4.81. The minimum absolute atomic E-state index is 0.573. The second-order valence-electron chi connectivity index (χ2n) is 7.50. The minimum atomic E-state index is 0.573. The van der Waals surface area contributed by atoms with E-state index in [1.807, 2.05) is 30.2 Å². The molecule has 1 saturated heterocycles. The summed E-state index contributed by atoms with van der Waals surface area (Å²) in [5, 5.41) is 7.84. The summed E-state index contributed by atoms with van der Waals surface area (Å²) in [6, 6.07) is 2.44. The van der Waals surface area contributed by atoms with Crippen LogP contribution in [-0.2, 0) is 0 Å². The molecular formula is C20H35N7S. The number of aliphatic imine (C=N–C) groups is 1. The van der Waals surface area contributed by atoms with Crippen LogP contribution in [0.2, 0.25) is 0 Å². The van der Waals surface area contributed by atoms with Crippen molar-refractivity contribution in [2.45, 2.75) is 43.9 Å². The van der Waals surface area contributed by atoms with Crippen LogP contribution in [0, 0.1) is 0 Å². The van der Waals surface area contributed by atoms with Gasteiger partial charge in [0, 0.05) is 69.5 Å². The van der Waals surface area contributed by atoms with Crippen LogP contribution in [0.3, 0.4) is 0 Å². The molecule has 7 nitrogen and oxygen atoms in total. The third-order valence-electron chi connectivity index (χ3n) is 5.51. The zero-order chi connectivity index (χ0) is 19.6. The van der Waals surface area contributed by atoms with Gasteiger partial charge in [-0.05, 0) is 44.9 Å². The lowest BCUT2D eigenvalue weighted by molar-refractivity contribution is 0.255. The number of guanidine groups is 1. The highest BCUT2D eigenvalue weighted by Crippen LogP contribution is 2.28. The van der Waals surface area contributed by atoms with Gasteiger partial charge in [-0.3, -0.25) is 9.89 Å². The standard InChI is InChI=1S/C20H35N7S/c1-3-21-19(25-17-6-7-18(16-17)28-2)22-10-5-11-26-12-14-27(15-13-26)20-23-8-4-9-24-20/h4,8-9,17-18H,3,5-7,10-16H2,1-2H3,(H2,21,22,25). The third kappa shape index (κ3) is 6.51. The summed E-state index contributed by atoms with van der Waals surface area (Å²) in [6.07, 6.45) is 10.8. The monoisotopic (exact) mass is 405 g/mol. The number of anilines is 1. The molecule has 3 rings (SSSR count). The van der Waals surface area contributed by atoms with Gasteiger partial charge < -0.3 is 15.5 Å². The molecular weight excluding hydrogens is 370 g/mol. The average Bonchev–Trinajstić information content (AvgIpc) is 3.20. The van der Waals surface area contributed by atoms with E-state index in [0.717, 1.165) is 69.4 Å². The van der Waals surface area contributed by atoms with Crippen molar-refractivity contribution in [3.8, 4) is 0 Å². The molecule has 0 aromatic carbocycles. The van der Waals surface area contributed by atoms with E-state index >= 15 is 0 Å². The summed E-state index contributed by atoms with van der Waals surface area (Å²) in [5.74, 6) is 1.84. The molecule has 1 saturated carbocycles.